The number of aromatic amines is 1. The molecule has 2 amide bonds. The van der Waals surface area contributed by atoms with Gasteiger partial charge in [0, 0.05) is 25.1 Å². The van der Waals surface area contributed by atoms with Gasteiger partial charge in [0.25, 0.3) is 5.91 Å². The van der Waals surface area contributed by atoms with Crippen molar-refractivity contribution in [2.24, 2.45) is 11.7 Å². The summed E-state index contributed by atoms with van der Waals surface area (Å²) in [5, 5.41) is 22.7. The quantitative estimate of drug-likeness (QED) is 0.243. The maximum atomic E-state index is 12.8. The van der Waals surface area contributed by atoms with Crippen molar-refractivity contribution < 1.29 is 19.8 Å². The minimum atomic E-state index is -1.64. The van der Waals surface area contributed by atoms with Gasteiger partial charge in [-0.1, -0.05) is 50.1 Å². The number of nitrogens with zero attached hydrogens (tertiary/aromatic N) is 2. The number of nitrogens with two attached hydrogens (primary N) is 1. The number of imidazole rings is 1. The van der Waals surface area contributed by atoms with Gasteiger partial charge in [0.05, 0.1) is 17.7 Å². The fourth-order valence-electron chi connectivity index (χ4n) is 4.11. The van der Waals surface area contributed by atoms with Gasteiger partial charge < -0.3 is 31.1 Å². The zero-order chi connectivity index (χ0) is 24.0. The largest absolute Gasteiger partial charge is 0.366 e. The molecular formula is C24H35N5O4. The van der Waals surface area contributed by atoms with E-state index < -0.39 is 17.7 Å². The zero-order valence-electron chi connectivity index (χ0n) is 19.4. The van der Waals surface area contributed by atoms with E-state index in [0.29, 0.717) is 43.9 Å². The summed E-state index contributed by atoms with van der Waals surface area (Å²) in [6.07, 6.45) is 3.28. The highest BCUT2D eigenvalue weighted by Gasteiger charge is 2.33. The molecule has 0 spiro atoms. The van der Waals surface area contributed by atoms with Crippen molar-refractivity contribution in [1.29, 1.82) is 0 Å². The molecule has 0 bridgehead atoms. The van der Waals surface area contributed by atoms with Gasteiger partial charge in [-0.25, -0.2) is 4.98 Å². The fourth-order valence-corrected chi connectivity index (χ4v) is 4.11. The average molecular weight is 458 g/mol. The number of aliphatic hydroxyl groups is 2. The summed E-state index contributed by atoms with van der Waals surface area (Å²) in [5.74, 6) is -1.91. The first kappa shape index (κ1) is 24.9. The molecule has 1 atom stereocenters. The summed E-state index contributed by atoms with van der Waals surface area (Å²) in [7, 11) is 1.96. The van der Waals surface area contributed by atoms with Gasteiger partial charge in [0.2, 0.25) is 5.91 Å². The van der Waals surface area contributed by atoms with Crippen molar-refractivity contribution in [3.8, 4) is 11.4 Å². The summed E-state index contributed by atoms with van der Waals surface area (Å²) in [6.45, 7) is 3.13. The topological polar surface area (TPSA) is 145 Å². The predicted molar refractivity (Wildman–Crippen MR) is 125 cm³/mol. The van der Waals surface area contributed by atoms with Crippen molar-refractivity contribution in [2.75, 3.05) is 20.1 Å². The lowest BCUT2D eigenvalue weighted by molar-refractivity contribution is -0.167. The fraction of sp³-hybridized carbons (Fsp3) is 0.542. The Morgan fingerprint density at radius 3 is 2.55 bits per heavy atom. The Hall–Kier alpha value is -2.75. The van der Waals surface area contributed by atoms with Gasteiger partial charge in [0.1, 0.15) is 5.82 Å². The monoisotopic (exact) mass is 457 g/mol. The molecule has 180 valence electrons. The number of hydrogen-bond donors (Lipinski definition) is 5. The number of hydrogen-bond acceptors (Lipinski definition) is 6. The normalized spacial score (nSPS) is 15.8. The van der Waals surface area contributed by atoms with E-state index in [4.69, 9.17) is 5.73 Å². The lowest BCUT2D eigenvalue weighted by atomic mass is 9.97. The van der Waals surface area contributed by atoms with E-state index in [1.165, 1.54) is 0 Å². The number of carbonyl (C=O) groups excluding carboxylic acids is 2. The molecule has 2 heterocycles. The van der Waals surface area contributed by atoms with Crippen molar-refractivity contribution in [2.45, 2.75) is 57.3 Å². The molecule has 1 aromatic carbocycles. The molecule has 0 radical (unpaired) electrons. The van der Waals surface area contributed by atoms with Crippen molar-refractivity contribution in [3.63, 3.8) is 0 Å². The summed E-state index contributed by atoms with van der Waals surface area (Å²) in [4.78, 5) is 34.7. The van der Waals surface area contributed by atoms with Gasteiger partial charge >= 0.3 is 0 Å². The van der Waals surface area contributed by atoms with Crippen LogP contribution in [0, 0.1) is 5.92 Å². The van der Waals surface area contributed by atoms with Gasteiger partial charge in [-0.05, 0) is 26.3 Å². The van der Waals surface area contributed by atoms with Crippen LogP contribution in [0.15, 0.2) is 30.3 Å². The van der Waals surface area contributed by atoms with Crippen LogP contribution >= 0.6 is 0 Å². The molecule has 9 heteroatoms. The molecule has 0 unspecified atom stereocenters. The number of nitrogens with one attached hydrogen (secondary N) is 2. The van der Waals surface area contributed by atoms with E-state index in [2.05, 4.69) is 20.2 Å². The second-order valence-corrected chi connectivity index (χ2v) is 8.99. The number of carbonyl (C=O) groups is 2. The molecule has 1 aromatic heterocycles. The summed E-state index contributed by atoms with van der Waals surface area (Å²) >= 11 is 0. The summed E-state index contributed by atoms with van der Waals surface area (Å²) in [6, 6.07) is 8.98. The van der Waals surface area contributed by atoms with Crippen LogP contribution in [-0.2, 0) is 4.79 Å². The first-order chi connectivity index (χ1) is 15.7. The first-order valence-electron chi connectivity index (χ1n) is 11.6. The van der Waals surface area contributed by atoms with Crippen LogP contribution in [0.4, 0.5) is 0 Å². The number of rotatable bonds is 12. The molecule has 2 aromatic rings. The molecule has 1 saturated heterocycles. The number of H-pyrrole nitrogens is 1. The van der Waals surface area contributed by atoms with Gasteiger partial charge in [-0.2, -0.15) is 0 Å². The maximum absolute atomic E-state index is 12.8. The van der Waals surface area contributed by atoms with Crippen LogP contribution in [-0.4, -0.2) is 62.8 Å². The number of benzene rings is 1. The number of likely N-dealkylation sites (tertiary alicyclic amines) is 1. The number of aromatic nitrogens is 2. The predicted octanol–water partition coefficient (Wildman–Crippen LogP) is 1.94. The number of amides is 2. The van der Waals surface area contributed by atoms with E-state index >= 15 is 0 Å². The first-order valence-corrected chi connectivity index (χ1v) is 11.6. The Morgan fingerprint density at radius 1 is 1.24 bits per heavy atom. The third-order valence-corrected chi connectivity index (χ3v) is 6.25. The van der Waals surface area contributed by atoms with E-state index in [9.17, 15) is 19.8 Å². The van der Waals surface area contributed by atoms with Crippen LogP contribution in [0.1, 0.15) is 67.7 Å². The Balaban J connectivity index is 1.76. The standard InChI is InChI=1S/C24H35N5O4/c1-3-24(32,33)13-9-5-8-12-18(26-23(31)17-14-29(2)15-17)19-20(21(25)30)28-22(27-19)16-10-6-4-7-11-16/h4,6-7,10-11,17-18,32-33H,3,5,8-9,12-15H2,1-2H3,(H2,25,30)(H,26,31)(H,27,28)/t18-/m0/s1. The summed E-state index contributed by atoms with van der Waals surface area (Å²) < 4.78 is 0. The molecule has 9 nitrogen and oxygen atoms in total. The lowest BCUT2D eigenvalue weighted by Crippen LogP contribution is -2.52. The molecule has 1 fully saturated rings. The second kappa shape index (κ2) is 10.9. The van der Waals surface area contributed by atoms with Crippen molar-refractivity contribution in [3.05, 3.63) is 41.7 Å². The summed E-state index contributed by atoms with van der Waals surface area (Å²) in [5.41, 5.74) is 7.09. The van der Waals surface area contributed by atoms with Crippen LogP contribution in [0.3, 0.4) is 0 Å². The third-order valence-electron chi connectivity index (χ3n) is 6.25. The van der Waals surface area contributed by atoms with Crippen LogP contribution in [0.2, 0.25) is 0 Å². The highest BCUT2D eigenvalue weighted by atomic mass is 16.5. The second-order valence-electron chi connectivity index (χ2n) is 8.99. The minimum Gasteiger partial charge on any atom is -0.366 e. The SMILES string of the molecule is CCC(O)(O)CCCCC[C@H](NC(=O)C1CN(C)C1)c1[nH]c(-c2ccccc2)nc1C(N)=O. The van der Waals surface area contributed by atoms with E-state index in [1.54, 1.807) is 6.92 Å². The highest BCUT2D eigenvalue weighted by molar-refractivity contribution is 5.93. The Bertz CT molecular complexity index is 938. The van der Waals surface area contributed by atoms with Crippen molar-refractivity contribution >= 4 is 11.8 Å². The molecule has 6 N–H and O–H groups in total. The van der Waals surface area contributed by atoms with Gasteiger partial charge in [-0.15, -0.1) is 0 Å². The average Bonchev–Trinajstić information content (AvgIpc) is 3.22. The van der Waals surface area contributed by atoms with Crippen molar-refractivity contribution in [1.82, 2.24) is 20.2 Å². The van der Waals surface area contributed by atoms with E-state index in [0.717, 1.165) is 18.4 Å². The van der Waals surface area contributed by atoms with Crippen LogP contribution < -0.4 is 11.1 Å². The third kappa shape index (κ3) is 6.63. The van der Waals surface area contributed by atoms with Gasteiger partial charge in [0.15, 0.2) is 11.5 Å². The van der Waals surface area contributed by atoms with Crippen LogP contribution in [0.5, 0.6) is 0 Å². The Morgan fingerprint density at radius 2 is 1.94 bits per heavy atom. The number of primary amides is 1. The molecular weight excluding hydrogens is 422 g/mol. The molecule has 0 aliphatic carbocycles. The minimum absolute atomic E-state index is 0.0555. The lowest BCUT2D eigenvalue weighted by Gasteiger charge is -2.35. The highest BCUT2D eigenvalue weighted by Crippen LogP contribution is 2.27. The van der Waals surface area contributed by atoms with Gasteiger partial charge in [-0.3, -0.25) is 9.59 Å². The molecule has 33 heavy (non-hydrogen) atoms. The smallest absolute Gasteiger partial charge is 0.269 e. The molecule has 3 rings (SSSR count). The molecule has 1 aliphatic heterocycles. The van der Waals surface area contributed by atoms with E-state index in [1.807, 2.05) is 37.4 Å². The zero-order valence-corrected chi connectivity index (χ0v) is 19.4. The van der Waals surface area contributed by atoms with Crippen LogP contribution in [0.25, 0.3) is 11.4 Å². The molecule has 1 aliphatic rings. The Kier molecular flexibility index (Phi) is 8.23. The number of unbranched alkanes of at least 4 members (excludes halogenated alkanes) is 2. The molecule has 0 saturated carbocycles. The van der Waals surface area contributed by atoms with E-state index in [-0.39, 0.29) is 23.9 Å². The Labute approximate surface area is 194 Å². The maximum Gasteiger partial charge on any atom is 0.269 e.